The maximum Gasteiger partial charge on any atom is 0.140 e. The van der Waals surface area contributed by atoms with Crippen molar-refractivity contribution in [1.82, 2.24) is 0 Å². The minimum absolute atomic E-state index is 0.302. The quantitative estimate of drug-likeness (QED) is 0.634. The molecule has 0 amide bonds. The Morgan fingerprint density at radius 3 is 1.42 bits per heavy atom. The summed E-state index contributed by atoms with van der Waals surface area (Å²) in [7, 11) is 0. The van der Waals surface area contributed by atoms with Crippen molar-refractivity contribution in [3.8, 4) is 6.07 Å². The van der Waals surface area contributed by atoms with Gasteiger partial charge in [-0.2, -0.15) is 5.26 Å². The molecule has 134 valence electrons. The van der Waals surface area contributed by atoms with E-state index in [1.807, 2.05) is 116 Å². The smallest absolute Gasteiger partial charge is 0.140 e. The predicted molar refractivity (Wildman–Crippen MR) is 110 cm³/mol. The second-order valence-corrected chi connectivity index (χ2v) is 3.48. The van der Waals surface area contributed by atoms with E-state index in [9.17, 15) is 0 Å². The standard InChI is InChI=1S/C14H12N2.4C2H6/c15-11-14(12-7-3-1-4-8-12)16-13-9-5-2-6-10-13;4*1-2/h1-10,14,16H;4*1-2H3. The fourth-order valence-electron chi connectivity index (χ4n) is 1.54. The van der Waals surface area contributed by atoms with Gasteiger partial charge in [0.15, 0.2) is 0 Å². The lowest BCUT2D eigenvalue weighted by atomic mass is 10.1. The summed E-state index contributed by atoms with van der Waals surface area (Å²) in [5, 5.41) is 12.3. The molecule has 0 saturated heterocycles. The molecule has 2 heteroatoms. The maximum absolute atomic E-state index is 9.13. The Balaban J connectivity index is -0.000000484. The first kappa shape index (κ1) is 26.6. The number of benzene rings is 2. The number of hydrogen-bond acceptors (Lipinski definition) is 2. The van der Waals surface area contributed by atoms with Gasteiger partial charge >= 0.3 is 0 Å². The van der Waals surface area contributed by atoms with Crippen molar-refractivity contribution < 1.29 is 0 Å². The molecule has 1 atom stereocenters. The van der Waals surface area contributed by atoms with Gasteiger partial charge < -0.3 is 5.32 Å². The summed E-state index contributed by atoms with van der Waals surface area (Å²) >= 11 is 0. The SMILES string of the molecule is CC.CC.CC.CC.N#CC(Nc1ccccc1)c1ccccc1. The van der Waals surface area contributed by atoms with Crippen LogP contribution in [0.4, 0.5) is 5.69 Å². The normalized spacial score (nSPS) is 8.62. The number of nitrogens with one attached hydrogen (secondary N) is 1. The lowest BCUT2D eigenvalue weighted by molar-refractivity contribution is 0.998. The van der Waals surface area contributed by atoms with Crippen LogP contribution in [0, 0.1) is 11.3 Å². The predicted octanol–water partition coefficient (Wildman–Crippen LogP) is 7.47. The van der Waals surface area contributed by atoms with Crippen LogP contribution in [-0.4, -0.2) is 0 Å². The molecule has 0 aliphatic carbocycles. The highest BCUT2D eigenvalue weighted by Crippen LogP contribution is 2.18. The molecule has 0 radical (unpaired) electrons. The van der Waals surface area contributed by atoms with Crippen LogP contribution in [0.3, 0.4) is 0 Å². The summed E-state index contributed by atoms with van der Waals surface area (Å²) in [4.78, 5) is 0. The highest BCUT2D eigenvalue weighted by atomic mass is 14.9. The number of hydrogen-bond donors (Lipinski definition) is 1. The lowest BCUT2D eigenvalue weighted by Gasteiger charge is -2.12. The van der Waals surface area contributed by atoms with Gasteiger partial charge in [0.2, 0.25) is 0 Å². The number of nitrogens with zero attached hydrogens (tertiary/aromatic N) is 1. The third kappa shape index (κ3) is 12.3. The topological polar surface area (TPSA) is 35.8 Å². The first-order chi connectivity index (χ1) is 11.9. The Hall–Kier alpha value is -2.27. The summed E-state index contributed by atoms with van der Waals surface area (Å²) in [6, 6.07) is 21.4. The highest BCUT2D eigenvalue weighted by Gasteiger charge is 2.08. The minimum Gasteiger partial charge on any atom is -0.366 e. The van der Waals surface area contributed by atoms with Crippen molar-refractivity contribution in [2.24, 2.45) is 0 Å². The van der Waals surface area contributed by atoms with Crippen LogP contribution in [-0.2, 0) is 0 Å². The molecular formula is C22H36N2. The van der Waals surface area contributed by atoms with Crippen LogP contribution in [0.5, 0.6) is 0 Å². The van der Waals surface area contributed by atoms with E-state index in [2.05, 4.69) is 11.4 Å². The fourth-order valence-corrected chi connectivity index (χ4v) is 1.54. The van der Waals surface area contributed by atoms with Gasteiger partial charge in [0.05, 0.1) is 6.07 Å². The molecule has 0 bridgehead atoms. The van der Waals surface area contributed by atoms with Gasteiger partial charge in [0.1, 0.15) is 6.04 Å². The first-order valence-corrected chi connectivity index (χ1v) is 9.16. The zero-order chi connectivity index (χ0) is 19.2. The van der Waals surface area contributed by atoms with Crippen LogP contribution >= 0.6 is 0 Å². The van der Waals surface area contributed by atoms with Crippen molar-refractivity contribution in [2.45, 2.75) is 61.4 Å². The Kier molecular flexibility index (Phi) is 25.5. The number of anilines is 1. The molecule has 2 rings (SSSR count). The fraction of sp³-hybridized carbons (Fsp3) is 0.409. The van der Waals surface area contributed by atoms with Crippen LogP contribution in [0.2, 0.25) is 0 Å². The van der Waals surface area contributed by atoms with E-state index in [-0.39, 0.29) is 6.04 Å². The third-order valence-corrected chi connectivity index (χ3v) is 2.35. The second-order valence-electron chi connectivity index (χ2n) is 3.48. The molecule has 0 aliphatic heterocycles. The number of rotatable bonds is 3. The van der Waals surface area contributed by atoms with Crippen molar-refractivity contribution in [3.63, 3.8) is 0 Å². The molecule has 0 saturated carbocycles. The minimum atomic E-state index is -0.302. The van der Waals surface area contributed by atoms with E-state index in [0.29, 0.717) is 0 Å². The summed E-state index contributed by atoms with van der Waals surface area (Å²) in [5.74, 6) is 0. The van der Waals surface area contributed by atoms with Gasteiger partial charge in [-0.05, 0) is 17.7 Å². The second kappa shape index (κ2) is 23.0. The molecule has 2 aromatic carbocycles. The van der Waals surface area contributed by atoms with E-state index in [1.165, 1.54) is 0 Å². The van der Waals surface area contributed by atoms with Gasteiger partial charge in [-0.1, -0.05) is 104 Å². The molecular weight excluding hydrogens is 292 g/mol. The van der Waals surface area contributed by atoms with Crippen molar-refractivity contribution in [3.05, 3.63) is 66.2 Å². The Labute approximate surface area is 150 Å². The summed E-state index contributed by atoms with van der Waals surface area (Å²) in [6.07, 6.45) is 0. The van der Waals surface area contributed by atoms with Gasteiger partial charge in [0, 0.05) is 5.69 Å². The average molecular weight is 329 g/mol. The molecule has 24 heavy (non-hydrogen) atoms. The molecule has 2 aromatic rings. The van der Waals surface area contributed by atoms with Gasteiger partial charge in [-0.3, -0.25) is 0 Å². The molecule has 1 unspecified atom stereocenters. The molecule has 1 N–H and O–H groups in total. The molecule has 0 aromatic heterocycles. The van der Waals surface area contributed by atoms with Crippen LogP contribution < -0.4 is 5.32 Å². The zero-order valence-electron chi connectivity index (χ0n) is 16.8. The largest absolute Gasteiger partial charge is 0.366 e. The van der Waals surface area contributed by atoms with Crippen LogP contribution in [0.25, 0.3) is 0 Å². The number of nitriles is 1. The van der Waals surface area contributed by atoms with E-state index >= 15 is 0 Å². The Bertz CT molecular complexity index is 472. The van der Waals surface area contributed by atoms with Gasteiger partial charge in [-0.15, -0.1) is 0 Å². The number of para-hydroxylation sites is 1. The lowest BCUT2D eigenvalue weighted by Crippen LogP contribution is -2.07. The molecule has 0 fully saturated rings. The average Bonchev–Trinajstić information content (AvgIpc) is 2.73. The van der Waals surface area contributed by atoms with Crippen molar-refractivity contribution >= 4 is 5.69 Å². The first-order valence-electron chi connectivity index (χ1n) is 9.16. The monoisotopic (exact) mass is 328 g/mol. The van der Waals surface area contributed by atoms with Gasteiger partial charge in [-0.25, -0.2) is 0 Å². The van der Waals surface area contributed by atoms with Crippen LogP contribution in [0.15, 0.2) is 60.7 Å². The summed E-state index contributed by atoms with van der Waals surface area (Å²) in [6.45, 7) is 16.0. The van der Waals surface area contributed by atoms with E-state index < -0.39 is 0 Å². The van der Waals surface area contributed by atoms with Crippen molar-refractivity contribution in [1.29, 1.82) is 5.26 Å². The molecule has 2 nitrogen and oxygen atoms in total. The Morgan fingerprint density at radius 2 is 1.04 bits per heavy atom. The van der Waals surface area contributed by atoms with Crippen molar-refractivity contribution in [2.75, 3.05) is 5.32 Å². The van der Waals surface area contributed by atoms with Gasteiger partial charge in [0.25, 0.3) is 0 Å². The molecule has 0 heterocycles. The third-order valence-electron chi connectivity index (χ3n) is 2.35. The molecule has 0 spiro atoms. The van der Waals surface area contributed by atoms with E-state index in [4.69, 9.17) is 5.26 Å². The highest BCUT2D eigenvalue weighted by molar-refractivity contribution is 5.47. The van der Waals surface area contributed by atoms with E-state index in [0.717, 1.165) is 11.3 Å². The summed E-state index contributed by atoms with van der Waals surface area (Å²) < 4.78 is 0. The zero-order valence-corrected chi connectivity index (χ0v) is 16.8. The molecule has 0 aliphatic rings. The maximum atomic E-state index is 9.13. The summed E-state index contributed by atoms with van der Waals surface area (Å²) in [5.41, 5.74) is 1.94. The van der Waals surface area contributed by atoms with E-state index in [1.54, 1.807) is 0 Å². The Morgan fingerprint density at radius 1 is 0.667 bits per heavy atom. The van der Waals surface area contributed by atoms with Crippen LogP contribution in [0.1, 0.15) is 67.0 Å².